The molecule has 3 nitrogen and oxygen atoms in total. The van der Waals surface area contributed by atoms with Gasteiger partial charge in [0.2, 0.25) is 0 Å². The van der Waals surface area contributed by atoms with Gasteiger partial charge < -0.3 is 14.8 Å². The van der Waals surface area contributed by atoms with E-state index in [4.69, 9.17) is 4.74 Å². The number of rotatable bonds is 11. The van der Waals surface area contributed by atoms with Crippen LogP contribution in [0, 0.1) is 0 Å². The van der Waals surface area contributed by atoms with Crippen molar-refractivity contribution in [3.05, 3.63) is 0 Å². The second-order valence-corrected chi connectivity index (χ2v) is 4.24. The van der Waals surface area contributed by atoms with Crippen molar-refractivity contribution in [2.24, 2.45) is 0 Å². The summed E-state index contributed by atoms with van der Waals surface area (Å²) in [6, 6.07) is 0.202. The van der Waals surface area contributed by atoms with Gasteiger partial charge in [0.05, 0.1) is 0 Å². The van der Waals surface area contributed by atoms with Crippen molar-refractivity contribution >= 4 is 0 Å². The maximum absolute atomic E-state index is 11.9. The molecule has 0 aromatic carbocycles. The summed E-state index contributed by atoms with van der Waals surface area (Å²) in [7, 11) is 1.64. The molecule has 0 aliphatic heterocycles. The van der Waals surface area contributed by atoms with Crippen molar-refractivity contribution in [1.82, 2.24) is 5.32 Å². The van der Waals surface area contributed by atoms with Gasteiger partial charge in [0.15, 0.2) is 0 Å². The summed E-state index contributed by atoms with van der Waals surface area (Å²) in [6.07, 6.45) is -0.841. The second kappa shape index (κ2) is 10.6. The van der Waals surface area contributed by atoms with Crippen molar-refractivity contribution in [2.75, 3.05) is 33.5 Å². The SMILES string of the molecule is CCCNC(CCCOC)CCOCC(F)(F)F. The molecule has 1 atom stereocenters. The Morgan fingerprint density at radius 2 is 1.89 bits per heavy atom. The predicted molar refractivity (Wildman–Crippen MR) is 64.7 cm³/mol. The zero-order chi connectivity index (χ0) is 13.9. The highest BCUT2D eigenvalue weighted by molar-refractivity contribution is 4.66. The molecule has 18 heavy (non-hydrogen) atoms. The van der Waals surface area contributed by atoms with Gasteiger partial charge in [-0.3, -0.25) is 0 Å². The zero-order valence-corrected chi connectivity index (χ0v) is 11.2. The lowest BCUT2D eigenvalue weighted by molar-refractivity contribution is -0.174. The van der Waals surface area contributed by atoms with Gasteiger partial charge in [-0.05, 0) is 32.2 Å². The highest BCUT2D eigenvalue weighted by atomic mass is 19.4. The number of hydrogen-bond acceptors (Lipinski definition) is 3. The van der Waals surface area contributed by atoms with Gasteiger partial charge in [0.1, 0.15) is 6.61 Å². The quantitative estimate of drug-likeness (QED) is 0.586. The summed E-state index contributed by atoms with van der Waals surface area (Å²) in [6.45, 7) is 2.57. The number of alkyl halides is 3. The monoisotopic (exact) mass is 271 g/mol. The number of methoxy groups -OCH3 is 1. The molecule has 0 saturated carbocycles. The summed E-state index contributed by atoms with van der Waals surface area (Å²) in [4.78, 5) is 0. The average Bonchev–Trinajstić information content (AvgIpc) is 2.29. The van der Waals surface area contributed by atoms with E-state index in [1.54, 1.807) is 7.11 Å². The Bertz CT molecular complexity index is 189. The van der Waals surface area contributed by atoms with Gasteiger partial charge in [-0.15, -0.1) is 0 Å². The first-order chi connectivity index (χ1) is 8.49. The Hall–Kier alpha value is -0.330. The second-order valence-electron chi connectivity index (χ2n) is 4.24. The minimum absolute atomic E-state index is 0.133. The molecule has 0 spiro atoms. The summed E-state index contributed by atoms with van der Waals surface area (Å²) in [5, 5.41) is 3.31. The summed E-state index contributed by atoms with van der Waals surface area (Å²) in [5.41, 5.74) is 0. The van der Waals surface area contributed by atoms with E-state index >= 15 is 0 Å². The van der Waals surface area contributed by atoms with Crippen molar-refractivity contribution in [2.45, 2.75) is 44.8 Å². The minimum Gasteiger partial charge on any atom is -0.385 e. The summed E-state index contributed by atoms with van der Waals surface area (Å²) < 4.78 is 45.2. The van der Waals surface area contributed by atoms with Crippen molar-refractivity contribution in [3.63, 3.8) is 0 Å². The molecule has 0 rings (SSSR count). The van der Waals surface area contributed by atoms with Crippen LogP contribution in [0.15, 0.2) is 0 Å². The third-order valence-corrected chi connectivity index (χ3v) is 2.46. The Balaban J connectivity index is 3.71. The number of hydrogen-bond donors (Lipinski definition) is 1. The van der Waals surface area contributed by atoms with Crippen LogP contribution in [0.2, 0.25) is 0 Å². The highest BCUT2D eigenvalue weighted by Gasteiger charge is 2.27. The predicted octanol–water partition coefficient (Wildman–Crippen LogP) is 2.75. The van der Waals surface area contributed by atoms with E-state index in [0.717, 1.165) is 25.8 Å². The van der Waals surface area contributed by atoms with Crippen LogP contribution in [0.25, 0.3) is 0 Å². The van der Waals surface area contributed by atoms with Crippen LogP contribution in [-0.4, -0.2) is 45.7 Å². The van der Waals surface area contributed by atoms with Crippen LogP contribution in [0.4, 0.5) is 13.2 Å². The zero-order valence-electron chi connectivity index (χ0n) is 11.2. The molecule has 0 saturated heterocycles. The Labute approximate surface area is 107 Å². The summed E-state index contributed by atoms with van der Waals surface area (Å²) >= 11 is 0. The fourth-order valence-electron chi connectivity index (χ4n) is 1.58. The van der Waals surface area contributed by atoms with Crippen LogP contribution in [-0.2, 0) is 9.47 Å². The lowest BCUT2D eigenvalue weighted by Crippen LogP contribution is -2.31. The van der Waals surface area contributed by atoms with Crippen LogP contribution in [0.5, 0.6) is 0 Å². The molecular weight excluding hydrogens is 247 g/mol. The number of nitrogens with one attached hydrogen (secondary N) is 1. The normalized spacial score (nSPS) is 13.8. The minimum atomic E-state index is -4.23. The molecule has 0 fully saturated rings. The van der Waals surface area contributed by atoms with Crippen LogP contribution in [0.3, 0.4) is 0 Å². The number of halogens is 3. The van der Waals surface area contributed by atoms with Crippen LogP contribution < -0.4 is 5.32 Å². The molecule has 6 heteroatoms. The molecule has 0 heterocycles. The maximum Gasteiger partial charge on any atom is 0.411 e. The smallest absolute Gasteiger partial charge is 0.385 e. The first-order valence-corrected chi connectivity index (χ1v) is 6.36. The molecule has 0 aliphatic carbocycles. The van der Waals surface area contributed by atoms with E-state index in [0.29, 0.717) is 13.0 Å². The van der Waals surface area contributed by atoms with E-state index in [1.165, 1.54) is 0 Å². The lowest BCUT2D eigenvalue weighted by Gasteiger charge is -2.18. The molecule has 110 valence electrons. The van der Waals surface area contributed by atoms with Gasteiger partial charge in [0.25, 0.3) is 0 Å². The third kappa shape index (κ3) is 12.1. The molecule has 0 radical (unpaired) electrons. The highest BCUT2D eigenvalue weighted by Crippen LogP contribution is 2.14. The Morgan fingerprint density at radius 3 is 2.44 bits per heavy atom. The van der Waals surface area contributed by atoms with Crippen molar-refractivity contribution in [3.8, 4) is 0 Å². The van der Waals surface area contributed by atoms with Crippen LogP contribution >= 0.6 is 0 Å². The van der Waals surface area contributed by atoms with Gasteiger partial charge in [0, 0.05) is 26.4 Å². The van der Waals surface area contributed by atoms with E-state index in [1.807, 2.05) is 0 Å². The maximum atomic E-state index is 11.9. The summed E-state index contributed by atoms with van der Waals surface area (Å²) in [5.74, 6) is 0. The molecule has 0 amide bonds. The van der Waals surface area contributed by atoms with E-state index in [2.05, 4.69) is 17.0 Å². The van der Waals surface area contributed by atoms with Gasteiger partial charge in [-0.1, -0.05) is 6.92 Å². The van der Waals surface area contributed by atoms with Crippen molar-refractivity contribution in [1.29, 1.82) is 0 Å². The topological polar surface area (TPSA) is 30.5 Å². The van der Waals surface area contributed by atoms with Crippen molar-refractivity contribution < 1.29 is 22.6 Å². The van der Waals surface area contributed by atoms with E-state index in [9.17, 15) is 13.2 Å². The molecule has 0 aromatic rings. The van der Waals surface area contributed by atoms with Gasteiger partial charge in [-0.2, -0.15) is 13.2 Å². The Kier molecular flexibility index (Phi) is 10.4. The fraction of sp³-hybridized carbons (Fsp3) is 1.00. The molecule has 0 aliphatic rings. The van der Waals surface area contributed by atoms with E-state index in [-0.39, 0.29) is 12.6 Å². The molecule has 1 N–H and O–H groups in total. The standard InChI is InChI=1S/C12H24F3NO2/c1-3-7-16-11(5-4-8-17-2)6-9-18-10-12(13,14)15/h11,16H,3-10H2,1-2H3. The van der Waals surface area contributed by atoms with E-state index < -0.39 is 12.8 Å². The number of ether oxygens (including phenoxy) is 2. The molecular formula is C12H24F3NO2. The molecule has 0 aromatic heterocycles. The Morgan fingerprint density at radius 1 is 1.17 bits per heavy atom. The van der Waals surface area contributed by atoms with Gasteiger partial charge >= 0.3 is 6.18 Å². The first kappa shape index (κ1) is 17.7. The fourth-order valence-corrected chi connectivity index (χ4v) is 1.58. The largest absolute Gasteiger partial charge is 0.411 e. The molecule has 0 bridgehead atoms. The van der Waals surface area contributed by atoms with Gasteiger partial charge in [-0.25, -0.2) is 0 Å². The first-order valence-electron chi connectivity index (χ1n) is 6.36. The lowest BCUT2D eigenvalue weighted by atomic mass is 10.1. The van der Waals surface area contributed by atoms with Crippen LogP contribution in [0.1, 0.15) is 32.6 Å². The average molecular weight is 271 g/mol. The third-order valence-electron chi connectivity index (χ3n) is 2.46. The molecule has 1 unspecified atom stereocenters.